The van der Waals surface area contributed by atoms with Gasteiger partial charge in [0.25, 0.3) is 5.91 Å². The number of rotatable bonds is 6. The first-order valence-corrected chi connectivity index (χ1v) is 7.68. The van der Waals surface area contributed by atoms with Gasteiger partial charge in [0.1, 0.15) is 5.75 Å². The van der Waals surface area contributed by atoms with Crippen molar-refractivity contribution < 1.29 is 27.8 Å². The number of aliphatic hydroxyl groups is 1. The van der Waals surface area contributed by atoms with Crippen LogP contribution in [0.2, 0.25) is 0 Å². The maximum absolute atomic E-state index is 12.9. The Morgan fingerprint density at radius 2 is 1.83 bits per heavy atom. The Bertz CT molecular complexity index is 553. The molecule has 0 heterocycles. The predicted molar refractivity (Wildman–Crippen MR) is 84.6 cm³/mol. The van der Waals surface area contributed by atoms with Crippen molar-refractivity contribution in [1.29, 1.82) is 0 Å². The van der Waals surface area contributed by atoms with Crippen LogP contribution in [-0.4, -0.2) is 29.8 Å². The van der Waals surface area contributed by atoms with Gasteiger partial charge < -0.3 is 15.2 Å². The van der Waals surface area contributed by atoms with Gasteiger partial charge in [-0.05, 0) is 30.9 Å². The molecule has 4 nitrogen and oxygen atoms in total. The van der Waals surface area contributed by atoms with Gasteiger partial charge in [-0.3, -0.25) is 4.79 Å². The van der Waals surface area contributed by atoms with Gasteiger partial charge in [-0.25, -0.2) is 0 Å². The van der Waals surface area contributed by atoms with Crippen molar-refractivity contribution in [2.24, 2.45) is 5.41 Å². The molecule has 2 unspecified atom stereocenters. The number of nitrogens with one attached hydrogen (secondary N) is 1. The second kappa shape index (κ2) is 7.88. The fourth-order valence-corrected chi connectivity index (χ4v) is 2.27. The number of carbonyl (C=O) groups excluding carboxylic acids is 1. The summed E-state index contributed by atoms with van der Waals surface area (Å²) in [6.45, 7) is 6.99. The molecular weight excluding hydrogens is 323 g/mol. The molecule has 1 rings (SSSR count). The maximum Gasteiger partial charge on any atom is 0.419 e. The third kappa shape index (κ3) is 6.39. The van der Waals surface area contributed by atoms with E-state index in [0.717, 1.165) is 6.07 Å². The summed E-state index contributed by atoms with van der Waals surface area (Å²) in [5.41, 5.74) is -1.05. The molecule has 0 radical (unpaired) electrons. The van der Waals surface area contributed by atoms with Gasteiger partial charge in [0.05, 0.1) is 18.2 Å². The Labute approximate surface area is 140 Å². The van der Waals surface area contributed by atoms with Crippen LogP contribution in [0.3, 0.4) is 0 Å². The van der Waals surface area contributed by atoms with E-state index >= 15 is 0 Å². The molecule has 24 heavy (non-hydrogen) atoms. The fraction of sp³-hybridized carbons (Fsp3) is 0.588. The highest BCUT2D eigenvalue weighted by molar-refractivity contribution is 5.81. The Hall–Kier alpha value is -1.76. The van der Waals surface area contributed by atoms with Gasteiger partial charge in [0, 0.05) is 0 Å². The van der Waals surface area contributed by atoms with Gasteiger partial charge in [-0.2, -0.15) is 13.2 Å². The summed E-state index contributed by atoms with van der Waals surface area (Å²) < 4.78 is 44.0. The summed E-state index contributed by atoms with van der Waals surface area (Å²) in [4.78, 5) is 12.1. The molecule has 0 spiro atoms. The molecule has 136 valence electrons. The lowest BCUT2D eigenvalue weighted by Crippen LogP contribution is -2.45. The van der Waals surface area contributed by atoms with E-state index in [1.807, 2.05) is 20.8 Å². The highest BCUT2D eigenvalue weighted by Gasteiger charge is 2.35. The van der Waals surface area contributed by atoms with Crippen LogP contribution in [0.4, 0.5) is 13.2 Å². The zero-order valence-electron chi connectivity index (χ0n) is 14.3. The lowest BCUT2D eigenvalue weighted by molar-refractivity contribution is -0.140. The molecule has 0 fully saturated rings. The molecule has 1 aromatic rings. The predicted octanol–water partition coefficient (Wildman–Crippen LogP) is 3.39. The summed E-state index contributed by atoms with van der Waals surface area (Å²) in [5, 5.41) is 12.0. The number of amides is 1. The molecule has 0 aliphatic heterocycles. The number of hydrogen-bond acceptors (Lipinski definition) is 3. The van der Waals surface area contributed by atoms with Crippen LogP contribution in [0.25, 0.3) is 0 Å². The molecule has 0 saturated heterocycles. The van der Waals surface area contributed by atoms with Crippen LogP contribution in [0, 0.1) is 5.41 Å². The van der Waals surface area contributed by atoms with E-state index in [9.17, 15) is 23.1 Å². The highest BCUT2D eigenvalue weighted by atomic mass is 19.4. The molecule has 0 aliphatic rings. The third-order valence-electron chi connectivity index (χ3n) is 3.29. The van der Waals surface area contributed by atoms with Crippen molar-refractivity contribution in [2.45, 2.75) is 52.4 Å². The monoisotopic (exact) mass is 347 g/mol. The number of ether oxygens (including phenoxy) is 1. The van der Waals surface area contributed by atoms with E-state index in [1.165, 1.54) is 25.1 Å². The minimum Gasteiger partial charge on any atom is -0.480 e. The molecule has 1 amide bonds. The molecule has 1 aromatic carbocycles. The fourth-order valence-electron chi connectivity index (χ4n) is 2.27. The summed E-state index contributed by atoms with van der Waals surface area (Å²) in [7, 11) is 0. The van der Waals surface area contributed by atoms with Gasteiger partial charge in [0.2, 0.25) is 0 Å². The smallest absolute Gasteiger partial charge is 0.419 e. The molecular formula is C17H24F3NO3. The van der Waals surface area contributed by atoms with Crippen LogP contribution in [0.5, 0.6) is 5.75 Å². The first kappa shape index (κ1) is 20.3. The average molecular weight is 347 g/mol. The molecule has 2 N–H and O–H groups in total. The van der Waals surface area contributed by atoms with Crippen LogP contribution in [0.15, 0.2) is 24.3 Å². The Morgan fingerprint density at radius 3 is 2.33 bits per heavy atom. The zero-order chi connectivity index (χ0) is 18.5. The highest BCUT2D eigenvalue weighted by Crippen LogP contribution is 2.36. The van der Waals surface area contributed by atoms with Crippen LogP contribution in [-0.2, 0) is 11.0 Å². The third-order valence-corrected chi connectivity index (χ3v) is 3.29. The van der Waals surface area contributed by atoms with Crippen molar-refractivity contribution in [1.82, 2.24) is 5.32 Å². The summed E-state index contributed by atoms with van der Waals surface area (Å²) in [5.74, 6) is -0.973. The Kier molecular flexibility index (Phi) is 6.66. The minimum atomic E-state index is -4.56. The molecule has 2 atom stereocenters. The lowest BCUT2D eigenvalue weighted by atomic mass is 9.88. The Morgan fingerprint density at radius 1 is 1.25 bits per heavy atom. The number of hydrogen-bond donors (Lipinski definition) is 2. The standard InChI is InChI=1S/C17H24F3NO3/c1-11(15(23)21-12(10-22)9-16(2,3)4)24-14-8-6-5-7-13(14)17(18,19)20/h5-8,11-12,22H,9-10H2,1-4H3,(H,21,23). The normalized spacial score (nSPS) is 14.8. The van der Waals surface area contributed by atoms with Gasteiger partial charge in [-0.15, -0.1) is 0 Å². The molecule has 0 saturated carbocycles. The van der Waals surface area contributed by atoms with E-state index in [1.54, 1.807) is 0 Å². The minimum absolute atomic E-state index is 0.117. The quantitative estimate of drug-likeness (QED) is 0.829. The Balaban J connectivity index is 2.78. The SMILES string of the molecule is CC(Oc1ccccc1C(F)(F)F)C(=O)NC(CO)CC(C)(C)C. The van der Waals surface area contributed by atoms with E-state index in [2.05, 4.69) is 5.32 Å². The maximum atomic E-state index is 12.9. The summed E-state index contributed by atoms with van der Waals surface area (Å²) in [6, 6.07) is 4.25. The van der Waals surface area contributed by atoms with E-state index in [-0.39, 0.29) is 12.0 Å². The van der Waals surface area contributed by atoms with Crippen molar-refractivity contribution >= 4 is 5.91 Å². The van der Waals surface area contributed by atoms with Gasteiger partial charge >= 0.3 is 6.18 Å². The van der Waals surface area contributed by atoms with Crippen molar-refractivity contribution in [3.63, 3.8) is 0 Å². The van der Waals surface area contributed by atoms with E-state index in [0.29, 0.717) is 6.42 Å². The number of para-hydroxylation sites is 1. The molecule has 0 bridgehead atoms. The molecule has 0 aliphatic carbocycles. The van der Waals surface area contributed by atoms with E-state index in [4.69, 9.17) is 4.74 Å². The number of aliphatic hydroxyl groups excluding tert-OH is 1. The first-order chi connectivity index (χ1) is 10.9. The summed E-state index contributed by atoms with van der Waals surface area (Å²) in [6.07, 6.45) is -5.16. The number of carbonyl (C=O) groups is 1. The topological polar surface area (TPSA) is 58.6 Å². The van der Waals surface area contributed by atoms with Crippen molar-refractivity contribution in [3.8, 4) is 5.75 Å². The van der Waals surface area contributed by atoms with Gasteiger partial charge in [0.15, 0.2) is 6.10 Å². The average Bonchev–Trinajstić information content (AvgIpc) is 2.44. The summed E-state index contributed by atoms with van der Waals surface area (Å²) >= 11 is 0. The van der Waals surface area contributed by atoms with Gasteiger partial charge in [-0.1, -0.05) is 32.9 Å². The number of halogens is 3. The first-order valence-electron chi connectivity index (χ1n) is 7.68. The van der Waals surface area contributed by atoms with Crippen LogP contribution in [0.1, 0.15) is 39.7 Å². The van der Waals surface area contributed by atoms with Crippen molar-refractivity contribution in [2.75, 3.05) is 6.61 Å². The second-order valence-corrected chi connectivity index (χ2v) is 6.91. The van der Waals surface area contributed by atoms with Crippen LogP contribution >= 0.6 is 0 Å². The number of benzene rings is 1. The van der Waals surface area contributed by atoms with Crippen LogP contribution < -0.4 is 10.1 Å². The second-order valence-electron chi connectivity index (χ2n) is 6.91. The zero-order valence-corrected chi connectivity index (χ0v) is 14.3. The van der Waals surface area contributed by atoms with Crippen molar-refractivity contribution in [3.05, 3.63) is 29.8 Å². The number of alkyl halides is 3. The molecule has 7 heteroatoms. The lowest BCUT2D eigenvalue weighted by Gasteiger charge is -2.27. The molecule has 0 aromatic heterocycles. The largest absolute Gasteiger partial charge is 0.480 e. The van der Waals surface area contributed by atoms with E-state index < -0.39 is 35.5 Å².